The first-order valence-corrected chi connectivity index (χ1v) is 10.0. The van der Waals surface area contributed by atoms with Crippen molar-refractivity contribution in [1.29, 1.82) is 0 Å². The van der Waals surface area contributed by atoms with E-state index in [1.807, 2.05) is 0 Å². The van der Waals surface area contributed by atoms with E-state index < -0.39 is 79.7 Å². The lowest BCUT2D eigenvalue weighted by Gasteiger charge is -2.43. The summed E-state index contributed by atoms with van der Waals surface area (Å²) in [6.45, 7) is -2.82. The number of alkyl halides is 17. The molecule has 0 bridgehead atoms. The third-order valence-corrected chi connectivity index (χ3v) is 5.68. The van der Waals surface area contributed by atoms with Crippen LogP contribution in [-0.2, 0) is 4.79 Å². The van der Waals surface area contributed by atoms with Crippen LogP contribution in [0.4, 0.5) is 80.3 Å². The van der Waals surface area contributed by atoms with E-state index in [1.54, 1.807) is 6.07 Å². The maximum absolute atomic E-state index is 14.2. The summed E-state index contributed by atoms with van der Waals surface area (Å²) in [7, 11) is 0. The highest BCUT2D eigenvalue weighted by Crippen LogP contribution is 2.64. The molecule has 0 N–H and O–H groups in total. The average Bonchev–Trinajstić information content (AvgIpc) is 2.82. The van der Waals surface area contributed by atoms with Crippen LogP contribution in [0.2, 0.25) is 0 Å². The van der Waals surface area contributed by atoms with Crippen LogP contribution < -0.4 is 4.90 Å². The van der Waals surface area contributed by atoms with E-state index in [-0.39, 0.29) is 4.90 Å². The summed E-state index contributed by atoms with van der Waals surface area (Å²) in [5, 5.41) is 0. The van der Waals surface area contributed by atoms with Gasteiger partial charge in [-0.3, -0.25) is 4.79 Å². The Morgan fingerprint density at radius 1 is 0.513 bits per heavy atom. The molecule has 1 fully saturated rings. The fourth-order valence-corrected chi connectivity index (χ4v) is 3.30. The summed E-state index contributed by atoms with van der Waals surface area (Å²) in [5.74, 6) is -61.2. The molecule has 0 spiro atoms. The summed E-state index contributed by atoms with van der Waals surface area (Å²) >= 11 is 0. The number of nitrogens with zero attached hydrogens (tertiary/aromatic N) is 2. The molecule has 0 aromatic heterocycles. The molecule has 0 saturated carbocycles. The van der Waals surface area contributed by atoms with E-state index >= 15 is 0 Å². The van der Waals surface area contributed by atoms with Gasteiger partial charge >= 0.3 is 47.6 Å². The molecule has 0 unspecified atom stereocenters. The van der Waals surface area contributed by atoms with E-state index in [0.29, 0.717) is 5.69 Å². The maximum Gasteiger partial charge on any atom is 0.460 e. The van der Waals surface area contributed by atoms with Gasteiger partial charge in [-0.15, -0.1) is 0 Å². The molecule has 1 aliphatic rings. The summed E-state index contributed by atoms with van der Waals surface area (Å²) in [6, 6.07) is 7.45. The van der Waals surface area contributed by atoms with Gasteiger partial charge in [0, 0.05) is 31.9 Å². The van der Waals surface area contributed by atoms with Gasteiger partial charge in [0.25, 0.3) is 5.91 Å². The van der Waals surface area contributed by atoms with Crippen molar-refractivity contribution < 1.29 is 79.4 Å². The smallest absolute Gasteiger partial charge is 0.368 e. The third kappa shape index (κ3) is 4.59. The normalized spacial score (nSPS) is 17.5. The Morgan fingerprint density at radius 3 is 1.26 bits per heavy atom. The lowest BCUT2D eigenvalue weighted by Crippen LogP contribution is -2.75. The molecule has 224 valence electrons. The Morgan fingerprint density at radius 2 is 0.872 bits per heavy atom. The number of anilines is 1. The zero-order valence-electron chi connectivity index (χ0n) is 18.4. The maximum atomic E-state index is 14.2. The van der Waals surface area contributed by atoms with Gasteiger partial charge in [-0.05, 0) is 12.1 Å². The van der Waals surface area contributed by atoms with E-state index in [2.05, 4.69) is 0 Å². The number of carbonyl (C=O) groups is 1. The fourth-order valence-electron chi connectivity index (χ4n) is 3.30. The van der Waals surface area contributed by atoms with Gasteiger partial charge in [-0.1, -0.05) is 18.2 Å². The summed E-state index contributed by atoms with van der Waals surface area (Å²) < 4.78 is 227. The largest absolute Gasteiger partial charge is 0.460 e. The van der Waals surface area contributed by atoms with Crippen molar-refractivity contribution in [3.63, 3.8) is 0 Å². The van der Waals surface area contributed by atoms with Crippen LogP contribution in [0.25, 0.3) is 0 Å². The Balaban J connectivity index is 2.40. The Labute approximate surface area is 206 Å². The van der Waals surface area contributed by atoms with Crippen LogP contribution in [0.3, 0.4) is 0 Å². The molecule has 1 saturated heterocycles. The number of amides is 1. The van der Waals surface area contributed by atoms with E-state index in [0.717, 1.165) is 0 Å². The fraction of sp³-hybridized carbons (Fsp3) is 0.632. The molecule has 1 amide bonds. The van der Waals surface area contributed by atoms with Crippen molar-refractivity contribution in [2.24, 2.45) is 0 Å². The van der Waals surface area contributed by atoms with Crippen molar-refractivity contribution in [2.75, 3.05) is 31.1 Å². The minimum Gasteiger partial charge on any atom is -0.368 e. The molecule has 39 heavy (non-hydrogen) atoms. The van der Waals surface area contributed by atoms with Crippen LogP contribution >= 0.6 is 0 Å². The Hall–Kier alpha value is -2.70. The number of benzene rings is 1. The van der Waals surface area contributed by atoms with Crippen LogP contribution in [-0.4, -0.2) is 84.6 Å². The lowest BCUT2D eigenvalue weighted by molar-refractivity contribution is -0.459. The second kappa shape index (κ2) is 9.45. The van der Waals surface area contributed by atoms with Gasteiger partial charge in [-0.2, -0.15) is 74.6 Å². The van der Waals surface area contributed by atoms with Gasteiger partial charge in [0.2, 0.25) is 0 Å². The molecule has 3 nitrogen and oxygen atoms in total. The predicted molar refractivity (Wildman–Crippen MR) is 95.9 cm³/mol. The number of carbonyl (C=O) groups excluding carboxylic acids is 1. The van der Waals surface area contributed by atoms with E-state index in [4.69, 9.17) is 0 Å². The first-order valence-electron chi connectivity index (χ1n) is 10.0. The van der Waals surface area contributed by atoms with Gasteiger partial charge in [-0.25, -0.2) is 0 Å². The second-order valence-corrected chi connectivity index (χ2v) is 8.13. The van der Waals surface area contributed by atoms with E-state index in [1.165, 1.54) is 29.2 Å². The highest BCUT2D eigenvalue weighted by molar-refractivity contribution is 5.85. The van der Waals surface area contributed by atoms with Gasteiger partial charge in [0.15, 0.2) is 0 Å². The van der Waals surface area contributed by atoms with Crippen LogP contribution in [0.1, 0.15) is 0 Å². The number of hydrogen-bond donors (Lipinski definition) is 0. The second-order valence-electron chi connectivity index (χ2n) is 8.13. The minimum absolute atomic E-state index is 0.286. The molecule has 0 aliphatic carbocycles. The molecule has 20 heteroatoms. The van der Waals surface area contributed by atoms with Crippen LogP contribution in [0, 0.1) is 0 Å². The SMILES string of the molecule is O=C(N1CCN(c2ccccc2)CC1)C(F)(F)C(F)(F)C(F)(F)C(F)(F)C(F)(F)C(F)(F)C(F)(F)C(F)(F)F. The number of halogens is 17. The van der Waals surface area contributed by atoms with Crippen molar-refractivity contribution in [1.82, 2.24) is 4.90 Å². The number of rotatable bonds is 8. The zero-order valence-corrected chi connectivity index (χ0v) is 18.4. The van der Waals surface area contributed by atoms with E-state index in [9.17, 15) is 79.4 Å². The standard InChI is InChI=1S/C19H13F17N2O/c20-12(21,11(39)38-8-6-37(7-9-38)10-4-2-1-3-5-10)13(22,23)14(24,25)15(26,27)16(28,29)17(30,31)18(32,33)19(34,35)36/h1-5H,6-9H2. The van der Waals surface area contributed by atoms with Crippen molar-refractivity contribution in [3.8, 4) is 0 Å². The number of para-hydroxylation sites is 1. The Bertz CT molecular complexity index is 1030. The highest BCUT2D eigenvalue weighted by atomic mass is 19.4. The number of hydrogen-bond acceptors (Lipinski definition) is 2. The molecule has 0 atom stereocenters. The van der Waals surface area contributed by atoms with Crippen LogP contribution in [0.5, 0.6) is 0 Å². The molecule has 2 rings (SSSR count). The molecule has 1 aromatic carbocycles. The first kappa shape index (κ1) is 32.5. The molecular formula is C19H13F17N2O. The highest BCUT2D eigenvalue weighted by Gasteiger charge is 2.95. The predicted octanol–water partition coefficient (Wildman–Crippen LogP) is 6.34. The number of piperazine rings is 1. The average molecular weight is 608 g/mol. The van der Waals surface area contributed by atoms with Crippen molar-refractivity contribution in [2.45, 2.75) is 47.6 Å². The minimum atomic E-state index is -8.73. The topological polar surface area (TPSA) is 23.6 Å². The summed E-state index contributed by atoms with van der Waals surface area (Å²) in [6.07, 6.45) is -7.82. The third-order valence-electron chi connectivity index (χ3n) is 5.68. The molecule has 1 heterocycles. The van der Waals surface area contributed by atoms with Crippen LogP contribution in [0.15, 0.2) is 30.3 Å². The summed E-state index contributed by atoms with van der Waals surface area (Å²) in [4.78, 5) is 13.0. The van der Waals surface area contributed by atoms with Gasteiger partial charge in [0.05, 0.1) is 0 Å². The van der Waals surface area contributed by atoms with Gasteiger partial charge < -0.3 is 9.80 Å². The zero-order chi connectivity index (χ0) is 30.7. The van der Waals surface area contributed by atoms with Crippen molar-refractivity contribution >= 4 is 11.6 Å². The summed E-state index contributed by atoms with van der Waals surface area (Å²) in [5.41, 5.74) is 0.395. The lowest BCUT2D eigenvalue weighted by atomic mass is 9.88. The molecule has 1 aromatic rings. The monoisotopic (exact) mass is 608 g/mol. The quantitative estimate of drug-likeness (QED) is 0.322. The molecule has 0 radical (unpaired) electrons. The first-order chi connectivity index (χ1) is 17.2. The molecule has 1 aliphatic heterocycles. The van der Waals surface area contributed by atoms with Gasteiger partial charge in [0.1, 0.15) is 0 Å². The van der Waals surface area contributed by atoms with Crippen molar-refractivity contribution in [3.05, 3.63) is 30.3 Å². The molecular weight excluding hydrogens is 595 g/mol. The Kier molecular flexibility index (Phi) is 7.88.